The second-order valence-corrected chi connectivity index (χ2v) is 7.16. The van der Waals surface area contributed by atoms with Crippen molar-refractivity contribution < 1.29 is 9.59 Å². The van der Waals surface area contributed by atoms with E-state index in [1.54, 1.807) is 6.08 Å². The van der Waals surface area contributed by atoms with Gasteiger partial charge in [-0.25, -0.2) is 0 Å². The summed E-state index contributed by atoms with van der Waals surface area (Å²) in [7, 11) is 0. The molecule has 1 saturated heterocycles. The van der Waals surface area contributed by atoms with Crippen molar-refractivity contribution >= 4 is 17.9 Å². The summed E-state index contributed by atoms with van der Waals surface area (Å²) < 4.78 is 0. The van der Waals surface area contributed by atoms with Crippen LogP contribution >= 0.6 is 0 Å². The summed E-state index contributed by atoms with van der Waals surface area (Å²) in [6.45, 7) is 2.08. The minimum atomic E-state index is -0.172. The number of nitrogens with zero attached hydrogens (tertiary/aromatic N) is 1. The maximum absolute atomic E-state index is 12.2. The lowest BCUT2D eigenvalue weighted by Crippen LogP contribution is -2.34. The summed E-state index contributed by atoms with van der Waals surface area (Å²) in [5, 5.41) is 2.81. The van der Waals surface area contributed by atoms with Gasteiger partial charge in [0.25, 0.3) is 0 Å². The number of carbonyl (C=O) groups is 2. The Labute approximate surface area is 167 Å². The quantitative estimate of drug-likeness (QED) is 0.765. The second kappa shape index (κ2) is 10.5. The van der Waals surface area contributed by atoms with E-state index >= 15 is 0 Å². The second-order valence-electron chi connectivity index (χ2n) is 7.16. The van der Waals surface area contributed by atoms with Gasteiger partial charge in [0.1, 0.15) is 0 Å². The Bertz CT molecular complexity index is 806. The Morgan fingerprint density at radius 2 is 1.61 bits per heavy atom. The molecule has 2 aromatic carbocycles. The molecule has 1 aliphatic rings. The Kier molecular flexibility index (Phi) is 7.42. The molecule has 1 N–H and O–H groups in total. The van der Waals surface area contributed by atoms with E-state index < -0.39 is 0 Å². The van der Waals surface area contributed by atoms with Crippen molar-refractivity contribution in [3.05, 3.63) is 66.2 Å². The smallest absolute Gasteiger partial charge is 0.244 e. The maximum Gasteiger partial charge on any atom is 0.244 e. The summed E-state index contributed by atoms with van der Waals surface area (Å²) in [6, 6.07) is 18.2. The third-order valence-electron chi connectivity index (χ3n) is 5.02. The van der Waals surface area contributed by atoms with E-state index in [1.807, 2.05) is 35.2 Å². The molecule has 0 atom stereocenters. The maximum atomic E-state index is 12.2. The molecule has 0 aliphatic carbocycles. The number of likely N-dealkylation sites (tertiary alicyclic amines) is 1. The zero-order valence-corrected chi connectivity index (χ0v) is 16.3. The summed E-state index contributed by atoms with van der Waals surface area (Å²) in [4.78, 5) is 26.2. The van der Waals surface area contributed by atoms with Crippen LogP contribution in [0.3, 0.4) is 0 Å². The first-order valence-electron chi connectivity index (χ1n) is 10.1. The molecule has 2 aromatic rings. The summed E-state index contributed by atoms with van der Waals surface area (Å²) in [6.07, 6.45) is 8.28. The number of hydrogen-bond acceptors (Lipinski definition) is 2. The van der Waals surface area contributed by atoms with E-state index in [1.165, 1.54) is 18.9 Å². The van der Waals surface area contributed by atoms with Crippen LogP contribution in [0.15, 0.2) is 60.7 Å². The lowest BCUT2D eigenvalue weighted by atomic mass is 10.0. The van der Waals surface area contributed by atoms with Crippen LogP contribution in [-0.4, -0.2) is 36.3 Å². The van der Waals surface area contributed by atoms with Crippen molar-refractivity contribution in [2.24, 2.45) is 0 Å². The third kappa shape index (κ3) is 6.08. The van der Waals surface area contributed by atoms with Crippen molar-refractivity contribution in [1.82, 2.24) is 10.2 Å². The lowest BCUT2D eigenvalue weighted by molar-refractivity contribution is -0.131. The predicted molar refractivity (Wildman–Crippen MR) is 114 cm³/mol. The molecule has 4 heteroatoms. The average Bonchev–Trinajstić information content (AvgIpc) is 3.03. The van der Waals surface area contributed by atoms with Crippen molar-refractivity contribution in [2.75, 3.05) is 19.6 Å². The van der Waals surface area contributed by atoms with Gasteiger partial charge in [-0.1, -0.05) is 61.4 Å². The highest BCUT2D eigenvalue weighted by Crippen LogP contribution is 2.20. The summed E-state index contributed by atoms with van der Waals surface area (Å²) >= 11 is 0. The van der Waals surface area contributed by atoms with Gasteiger partial charge < -0.3 is 10.2 Å². The first-order valence-corrected chi connectivity index (χ1v) is 10.1. The highest BCUT2D eigenvalue weighted by Gasteiger charge is 2.14. The molecule has 0 spiro atoms. The Hall–Kier alpha value is -2.88. The molecule has 1 heterocycles. The predicted octanol–water partition coefficient (Wildman–Crippen LogP) is 4.28. The first kappa shape index (κ1) is 19.9. The van der Waals surface area contributed by atoms with Crippen LogP contribution < -0.4 is 5.32 Å². The molecule has 28 heavy (non-hydrogen) atoms. The van der Waals surface area contributed by atoms with Crippen LogP contribution in [0.4, 0.5) is 0 Å². The third-order valence-corrected chi connectivity index (χ3v) is 5.02. The minimum absolute atomic E-state index is 0.141. The Balaban J connectivity index is 1.47. The van der Waals surface area contributed by atoms with Gasteiger partial charge in [-0.3, -0.25) is 9.59 Å². The number of rotatable bonds is 6. The molecule has 0 saturated carbocycles. The van der Waals surface area contributed by atoms with E-state index in [0.717, 1.165) is 42.6 Å². The molecule has 0 radical (unpaired) electrons. The average molecular weight is 377 g/mol. The van der Waals surface area contributed by atoms with Crippen LogP contribution in [0.1, 0.15) is 37.7 Å². The number of hydrogen-bond donors (Lipinski definition) is 1. The Morgan fingerprint density at radius 1 is 0.893 bits per heavy atom. The molecular weight excluding hydrogens is 348 g/mol. The fraction of sp³-hybridized carbons (Fsp3) is 0.333. The van der Waals surface area contributed by atoms with E-state index in [0.29, 0.717) is 13.0 Å². The fourth-order valence-corrected chi connectivity index (χ4v) is 3.45. The van der Waals surface area contributed by atoms with Gasteiger partial charge in [-0.2, -0.15) is 0 Å². The highest BCUT2D eigenvalue weighted by atomic mass is 16.2. The molecule has 0 bridgehead atoms. The van der Waals surface area contributed by atoms with Gasteiger partial charge in [0, 0.05) is 32.1 Å². The van der Waals surface area contributed by atoms with Gasteiger partial charge in [0.15, 0.2) is 0 Å². The molecule has 0 unspecified atom stereocenters. The van der Waals surface area contributed by atoms with Gasteiger partial charge in [-0.05, 0) is 41.7 Å². The largest absolute Gasteiger partial charge is 0.352 e. The fourth-order valence-electron chi connectivity index (χ4n) is 3.45. The Morgan fingerprint density at radius 3 is 2.36 bits per heavy atom. The molecule has 1 fully saturated rings. The normalized spacial score (nSPS) is 14.6. The summed E-state index contributed by atoms with van der Waals surface area (Å²) in [5.74, 6) is -0.0319. The number of carbonyl (C=O) groups excluding carboxylic acids is 2. The molecule has 3 rings (SSSR count). The van der Waals surface area contributed by atoms with Gasteiger partial charge in [0.2, 0.25) is 11.8 Å². The van der Waals surface area contributed by atoms with Gasteiger partial charge >= 0.3 is 0 Å². The van der Waals surface area contributed by atoms with E-state index in [4.69, 9.17) is 0 Å². The zero-order chi connectivity index (χ0) is 19.6. The number of benzene rings is 2. The minimum Gasteiger partial charge on any atom is -0.352 e. The zero-order valence-electron chi connectivity index (χ0n) is 16.3. The first-order chi connectivity index (χ1) is 13.7. The molecule has 0 aromatic heterocycles. The molecule has 146 valence electrons. The van der Waals surface area contributed by atoms with Crippen molar-refractivity contribution in [3.8, 4) is 11.1 Å². The molecule has 2 amide bonds. The van der Waals surface area contributed by atoms with Crippen LogP contribution in [0.5, 0.6) is 0 Å². The van der Waals surface area contributed by atoms with Gasteiger partial charge in [-0.15, -0.1) is 0 Å². The standard InChI is InChI=1S/C24H28N2O2/c27-23(25-16-15-24(28)26-17-6-1-2-7-18-26)14-13-20-9-8-12-22(19-20)21-10-4-3-5-11-21/h3-5,8-14,19H,1-2,6-7,15-18H2,(H,25,27)/b14-13+. The van der Waals surface area contributed by atoms with Crippen molar-refractivity contribution in [1.29, 1.82) is 0 Å². The molecule has 1 aliphatic heterocycles. The number of nitrogens with one attached hydrogen (secondary N) is 1. The summed E-state index contributed by atoms with van der Waals surface area (Å²) in [5.41, 5.74) is 3.23. The van der Waals surface area contributed by atoms with E-state index in [9.17, 15) is 9.59 Å². The SMILES string of the molecule is O=C(/C=C/c1cccc(-c2ccccc2)c1)NCCC(=O)N1CCCCCC1. The van der Waals surface area contributed by atoms with E-state index in [2.05, 4.69) is 29.6 Å². The van der Waals surface area contributed by atoms with Gasteiger partial charge in [0.05, 0.1) is 0 Å². The molecule has 4 nitrogen and oxygen atoms in total. The monoisotopic (exact) mass is 376 g/mol. The van der Waals surface area contributed by atoms with E-state index in [-0.39, 0.29) is 11.8 Å². The van der Waals surface area contributed by atoms with Crippen molar-refractivity contribution in [2.45, 2.75) is 32.1 Å². The number of amides is 2. The van der Waals surface area contributed by atoms with Crippen LogP contribution in [0, 0.1) is 0 Å². The molecular formula is C24H28N2O2. The van der Waals surface area contributed by atoms with Crippen LogP contribution in [0.25, 0.3) is 17.2 Å². The lowest BCUT2D eigenvalue weighted by Gasteiger charge is -2.20. The highest BCUT2D eigenvalue weighted by molar-refractivity contribution is 5.92. The van der Waals surface area contributed by atoms with Crippen LogP contribution in [-0.2, 0) is 9.59 Å². The van der Waals surface area contributed by atoms with Crippen LogP contribution in [0.2, 0.25) is 0 Å². The van der Waals surface area contributed by atoms with Crippen molar-refractivity contribution in [3.63, 3.8) is 0 Å². The topological polar surface area (TPSA) is 49.4 Å².